The SMILES string of the molecule is CC[C@H](C(=O)Nc1c2c(nn1-c1ccc(C)cc1C)CSC2)c1ccccc1. The quantitative estimate of drug-likeness (QED) is 0.636. The molecule has 0 saturated heterocycles. The van der Waals surface area contributed by atoms with Crippen molar-refractivity contribution >= 4 is 23.5 Å². The number of hydrogen-bond acceptors (Lipinski definition) is 3. The van der Waals surface area contributed by atoms with E-state index in [9.17, 15) is 4.79 Å². The highest BCUT2D eigenvalue weighted by atomic mass is 32.2. The summed E-state index contributed by atoms with van der Waals surface area (Å²) in [6, 6.07) is 16.3. The van der Waals surface area contributed by atoms with Crippen molar-refractivity contribution in [3.63, 3.8) is 0 Å². The van der Waals surface area contributed by atoms with Crippen LogP contribution in [0.4, 0.5) is 5.82 Å². The molecule has 1 aliphatic heterocycles. The topological polar surface area (TPSA) is 46.9 Å². The minimum Gasteiger partial charge on any atom is -0.310 e. The fourth-order valence-corrected chi connectivity index (χ4v) is 4.86. The number of benzene rings is 2. The van der Waals surface area contributed by atoms with E-state index in [0.29, 0.717) is 0 Å². The van der Waals surface area contributed by atoms with Gasteiger partial charge in [-0.15, -0.1) is 0 Å². The van der Waals surface area contributed by atoms with E-state index < -0.39 is 0 Å². The Morgan fingerprint density at radius 3 is 2.68 bits per heavy atom. The Balaban J connectivity index is 1.72. The summed E-state index contributed by atoms with van der Waals surface area (Å²) in [4.78, 5) is 13.2. The largest absolute Gasteiger partial charge is 0.310 e. The van der Waals surface area contributed by atoms with Gasteiger partial charge in [0, 0.05) is 17.1 Å². The predicted octanol–water partition coefficient (Wildman–Crippen LogP) is 5.37. The summed E-state index contributed by atoms with van der Waals surface area (Å²) >= 11 is 1.84. The zero-order chi connectivity index (χ0) is 19.7. The van der Waals surface area contributed by atoms with E-state index >= 15 is 0 Å². The second-order valence-electron chi connectivity index (χ2n) is 7.33. The summed E-state index contributed by atoms with van der Waals surface area (Å²) in [5.41, 5.74) is 6.67. The van der Waals surface area contributed by atoms with Gasteiger partial charge in [0.15, 0.2) is 0 Å². The molecule has 1 N–H and O–H groups in total. The number of aryl methyl sites for hydroxylation is 2. The molecule has 144 valence electrons. The van der Waals surface area contributed by atoms with Gasteiger partial charge in [-0.25, -0.2) is 4.68 Å². The lowest BCUT2D eigenvalue weighted by Crippen LogP contribution is -2.23. The first-order chi connectivity index (χ1) is 13.6. The van der Waals surface area contributed by atoms with Gasteiger partial charge >= 0.3 is 0 Å². The maximum absolute atomic E-state index is 13.2. The Labute approximate surface area is 170 Å². The van der Waals surface area contributed by atoms with Crippen molar-refractivity contribution in [3.05, 3.63) is 76.5 Å². The van der Waals surface area contributed by atoms with Crippen LogP contribution in [0, 0.1) is 13.8 Å². The molecule has 1 aromatic heterocycles. The average Bonchev–Trinajstić information content (AvgIpc) is 3.26. The number of nitrogens with one attached hydrogen (secondary N) is 1. The standard InChI is InChI=1S/C23H25N3OS/c1-4-18(17-8-6-5-7-9-17)23(27)24-22-19-13-28-14-20(19)25-26(22)21-11-10-15(2)12-16(21)3/h5-12,18H,4,13-14H2,1-3H3,(H,24,27)/t18-/m0/s1. The van der Waals surface area contributed by atoms with Crippen LogP contribution in [-0.4, -0.2) is 15.7 Å². The van der Waals surface area contributed by atoms with Crippen LogP contribution in [-0.2, 0) is 16.3 Å². The number of carbonyl (C=O) groups excluding carboxylic acids is 1. The fraction of sp³-hybridized carbons (Fsp3) is 0.304. The van der Waals surface area contributed by atoms with Crippen LogP contribution in [0.1, 0.15) is 47.2 Å². The number of carbonyl (C=O) groups is 1. The van der Waals surface area contributed by atoms with E-state index in [1.807, 2.05) is 46.8 Å². The van der Waals surface area contributed by atoms with Crippen LogP contribution < -0.4 is 5.32 Å². The molecule has 1 atom stereocenters. The second kappa shape index (κ2) is 7.84. The molecule has 0 spiro atoms. The van der Waals surface area contributed by atoms with Crippen molar-refractivity contribution in [2.75, 3.05) is 5.32 Å². The Morgan fingerprint density at radius 1 is 1.18 bits per heavy atom. The molecule has 28 heavy (non-hydrogen) atoms. The van der Waals surface area contributed by atoms with E-state index in [-0.39, 0.29) is 11.8 Å². The van der Waals surface area contributed by atoms with Crippen LogP contribution in [0.15, 0.2) is 48.5 Å². The number of rotatable bonds is 5. The van der Waals surface area contributed by atoms with Gasteiger partial charge in [-0.2, -0.15) is 16.9 Å². The van der Waals surface area contributed by atoms with Gasteiger partial charge < -0.3 is 5.32 Å². The lowest BCUT2D eigenvalue weighted by molar-refractivity contribution is -0.117. The number of nitrogens with zero attached hydrogens (tertiary/aromatic N) is 2. The molecule has 4 rings (SSSR count). The molecule has 0 unspecified atom stereocenters. The third-order valence-electron chi connectivity index (χ3n) is 5.30. The monoisotopic (exact) mass is 391 g/mol. The smallest absolute Gasteiger partial charge is 0.233 e. The summed E-state index contributed by atoms with van der Waals surface area (Å²) in [6.45, 7) is 6.23. The zero-order valence-electron chi connectivity index (χ0n) is 16.5. The minimum absolute atomic E-state index is 0.0271. The molecule has 1 aliphatic rings. The van der Waals surface area contributed by atoms with Gasteiger partial charge in [-0.3, -0.25) is 4.79 Å². The Hall–Kier alpha value is -2.53. The third-order valence-corrected chi connectivity index (χ3v) is 6.27. The van der Waals surface area contributed by atoms with Gasteiger partial charge in [0.1, 0.15) is 5.82 Å². The van der Waals surface area contributed by atoms with Gasteiger partial charge in [-0.05, 0) is 37.5 Å². The van der Waals surface area contributed by atoms with Crippen LogP contribution in [0.25, 0.3) is 5.69 Å². The molecule has 5 heteroatoms. The van der Waals surface area contributed by atoms with Crippen LogP contribution in [0.2, 0.25) is 0 Å². The first-order valence-electron chi connectivity index (χ1n) is 9.70. The number of hydrogen-bond donors (Lipinski definition) is 1. The zero-order valence-corrected chi connectivity index (χ0v) is 17.3. The van der Waals surface area contributed by atoms with Crippen molar-refractivity contribution in [2.45, 2.75) is 44.6 Å². The molecule has 0 saturated carbocycles. The van der Waals surface area contributed by atoms with E-state index in [2.05, 4.69) is 44.3 Å². The van der Waals surface area contributed by atoms with Crippen molar-refractivity contribution in [1.29, 1.82) is 0 Å². The molecule has 2 heterocycles. The third kappa shape index (κ3) is 3.47. The van der Waals surface area contributed by atoms with Crippen molar-refractivity contribution in [3.8, 4) is 5.69 Å². The Bertz CT molecular complexity index is 1010. The Kier molecular flexibility index (Phi) is 5.27. The minimum atomic E-state index is -0.173. The number of thioether (sulfide) groups is 1. The highest BCUT2D eigenvalue weighted by Gasteiger charge is 2.27. The molecule has 4 nitrogen and oxygen atoms in total. The van der Waals surface area contributed by atoms with E-state index in [1.54, 1.807) is 0 Å². The van der Waals surface area contributed by atoms with Gasteiger partial charge in [0.2, 0.25) is 5.91 Å². The maximum atomic E-state index is 13.2. The first-order valence-corrected chi connectivity index (χ1v) is 10.9. The number of amides is 1. The van der Waals surface area contributed by atoms with Gasteiger partial charge in [0.25, 0.3) is 0 Å². The number of anilines is 1. The molecule has 1 amide bonds. The maximum Gasteiger partial charge on any atom is 0.233 e. The van der Waals surface area contributed by atoms with Crippen LogP contribution >= 0.6 is 11.8 Å². The van der Waals surface area contributed by atoms with Gasteiger partial charge in [-0.1, -0.05) is 55.0 Å². The molecule has 3 aromatic rings. The summed E-state index contributed by atoms with van der Waals surface area (Å²) in [5.74, 6) is 2.46. The lowest BCUT2D eigenvalue weighted by Gasteiger charge is -2.18. The summed E-state index contributed by atoms with van der Waals surface area (Å²) < 4.78 is 1.93. The summed E-state index contributed by atoms with van der Waals surface area (Å²) in [6.07, 6.45) is 0.754. The fourth-order valence-electron chi connectivity index (χ4n) is 3.82. The summed E-state index contributed by atoms with van der Waals surface area (Å²) in [5, 5.41) is 8.07. The van der Waals surface area contributed by atoms with E-state index in [0.717, 1.165) is 51.8 Å². The van der Waals surface area contributed by atoms with E-state index in [1.165, 1.54) is 5.56 Å². The number of aromatic nitrogens is 2. The van der Waals surface area contributed by atoms with Crippen LogP contribution in [0.3, 0.4) is 0 Å². The molecule has 0 aliphatic carbocycles. The van der Waals surface area contributed by atoms with Crippen molar-refractivity contribution < 1.29 is 4.79 Å². The normalized spacial score (nSPS) is 14.0. The average molecular weight is 392 g/mol. The molecular formula is C23H25N3OS. The molecule has 0 fully saturated rings. The van der Waals surface area contributed by atoms with Crippen molar-refractivity contribution in [1.82, 2.24) is 9.78 Å². The highest BCUT2D eigenvalue weighted by molar-refractivity contribution is 7.98. The van der Waals surface area contributed by atoms with Crippen molar-refractivity contribution in [2.24, 2.45) is 0 Å². The second-order valence-corrected chi connectivity index (χ2v) is 8.31. The van der Waals surface area contributed by atoms with Gasteiger partial charge in [0.05, 0.1) is 17.3 Å². The predicted molar refractivity (Wildman–Crippen MR) is 116 cm³/mol. The Morgan fingerprint density at radius 2 is 1.96 bits per heavy atom. The van der Waals surface area contributed by atoms with Crippen LogP contribution in [0.5, 0.6) is 0 Å². The number of fused-ring (bicyclic) bond motifs is 1. The molecule has 0 radical (unpaired) electrons. The highest BCUT2D eigenvalue weighted by Crippen LogP contribution is 2.37. The lowest BCUT2D eigenvalue weighted by atomic mass is 9.95. The molecule has 2 aromatic carbocycles. The molecule has 0 bridgehead atoms. The first kappa shape index (κ1) is 18.8. The van der Waals surface area contributed by atoms with E-state index in [4.69, 9.17) is 5.10 Å². The summed E-state index contributed by atoms with van der Waals surface area (Å²) in [7, 11) is 0. The molecular weight excluding hydrogens is 366 g/mol.